The molecule has 0 aliphatic carbocycles. The van der Waals surface area contributed by atoms with Crippen molar-refractivity contribution in [3.05, 3.63) is 23.8 Å². The normalized spacial score (nSPS) is 10.4. The van der Waals surface area contributed by atoms with E-state index in [0.29, 0.717) is 17.9 Å². The van der Waals surface area contributed by atoms with Crippen molar-refractivity contribution < 1.29 is 9.53 Å². The van der Waals surface area contributed by atoms with Crippen molar-refractivity contribution in [2.45, 2.75) is 20.3 Å². The van der Waals surface area contributed by atoms with Crippen molar-refractivity contribution in [2.75, 3.05) is 12.8 Å². The molecule has 82 valence electrons. The lowest BCUT2D eigenvalue weighted by atomic mass is 10.0. The van der Waals surface area contributed by atoms with Gasteiger partial charge in [-0.1, -0.05) is 19.9 Å². The minimum absolute atomic E-state index is 0.0484. The molecule has 15 heavy (non-hydrogen) atoms. The van der Waals surface area contributed by atoms with Crippen molar-refractivity contribution in [3.8, 4) is 5.75 Å². The molecule has 1 aromatic rings. The van der Waals surface area contributed by atoms with E-state index in [0.717, 1.165) is 5.56 Å². The summed E-state index contributed by atoms with van der Waals surface area (Å²) in [7, 11) is 1.58. The summed E-state index contributed by atoms with van der Waals surface area (Å²) >= 11 is 0. The van der Waals surface area contributed by atoms with E-state index in [-0.39, 0.29) is 11.7 Å². The first kappa shape index (κ1) is 11.6. The van der Waals surface area contributed by atoms with E-state index in [9.17, 15) is 4.79 Å². The minimum Gasteiger partial charge on any atom is -0.496 e. The lowest BCUT2D eigenvalue weighted by Crippen LogP contribution is -2.11. The number of carbonyl (C=O) groups excluding carboxylic acids is 1. The molecule has 0 aliphatic rings. The zero-order valence-electron chi connectivity index (χ0n) is 9.41. The van der Waals surface area contributed by atoms with Crippen molar-refractivity contribution in [3.63, 3.8) is 0 Å². The number of anilines is 1. The van der Waals surface area contributed by atoms with Crippen LogP contribution in [-0.2, 0) is 11.2 Å². The second-order valence-electron chi connectivity index (χ2n) is 3.87. The van der Waals surface area contributed by atoms with E-state index in [1.807, 2.05) is 19.9 Å². The van der Waals surface area contributed by atoms with Crippen LogP contribution in [-0.4, -0.2) is 12.9 Å². The molecule has 0 unspecified atom stereocenters. The first-order valence-electron chi connectivity index (χ1n) is 4.99. The molecular weight excluding hydrogens is 190 g/mol. The summed E-state index contributed by atoms with van der Waals surface area (Å²) in [5.74, 6) is 0.939. The van der Waals surface area contributed by atoms with Crippen LogP contribution in [0.5, 0.6) is 5.75 Å². The van der Waals surface area contributed by atoms with Gasteiger partial charge in [0.15, 0.2) is 0 Å². The molecule has 0 saturated heterocycles. The van der Waals surface area contributed by atoms with E-state index >= 15 is 0 Å². The highest BCUT2D eigenvalue weighted by atomic mass is 16.5. The van der Waals surface area contributed by atoms with Crippen molar-refractivity contribution in [2.24, 2.45) is 5.92 Å². The molecule has 0 aromatic heterocycles. The highest BCUT2D eigenvalue weighted by Gasteiger charge is 2.11. The van der Waals surface area contributed by atoms with Gasteiger partial charge in [0.25, 0.3) is 0 Å². The maximum atomic E-state index is 11.6. The molecule has 0 amide bonds. The first-order valence-corrected chi connectivity index (χ1v) is 4.99. The fraction of sp³-hybridized carbons (Fsp3) is 0.417. The van der Waals surface area contributed by atoms with Crippen LogP contribution in [0.15, 0.2) is 18.2 Å². The second kappa shape index (κ2) is 4.82. The van der Waals surface area contributed by atoms with Gasteiger partial charge in [0, 0.05) is 29.7 Å². The fourth-order valence-electron chi connectivity index (χ4n) is 1.30. The zero-order valence-corrected chi connectivity index (χ0v) is 9.41. The van der Waals surface area contributed by atoms with E-state index < -0.39 is 0 Å². The summed E-state index contributed by atoms with van der Waals surface area (Å²) in [6.07, 6.45) is 0.404. The number of hydrogen-bond acceptors (Lipinski definition) is 3. The van der Waals surface area contributed by atoms with Gasteiger partial charge in [-0.25, -0.2) is 0 Å². The van der Waals surface area contributed by atoms with E-state index in [4.69, 9.17) is 10.5 Å². The standard InChI is InChI=1S/C12H17NO2/c1-8(2)11(14)6-9-4-5-10(13)7-12(9)15-3/h4-5,7-8H,6,13H2,1-3H3. The quantitative estimate of drug-likeness (QED) is 0.769. The third-order valence-electron chi connectivity index (χ3n) is 2.32. The maximum Gasteiger partial charge on any atom is 0.139 e. The van der Waals surface area contributed by atoms with Crippen LogP contribution in [0.25, 0.3) is 0 Å². The summed E-state index contributed by atoms with van der Waals surface area (Å²) in [6, 6.07) is 5.36. The topological polar surface area (TPSA) is 52.3 Å². The number of benzene rings is 1. The van der Waals surface area contributed by atoms with Gasteiger partial charge in [0.2, 0.25) is 0 Å². The maximum absolute atomic E-state index is 11.6. The summed E-state index contributed by atoms with van der Waals surface area (Å²) in [5.41, 5.74) is 7.17. The number of hydrogen-bond donors (Lipinski definition) is 1. The lowest BCUT2D eigenvalue weighted by molar-refractivity contribution is -0.121. The van der Waals surface area contributed by atoms with Crippen LogP contribution < -0.4 is 10.5 Å². The summed E-state index contributed by atoms with van der Waals surface area (Å²) in [5, 5.41) is 0. The number of nitrogen functional groups attached to an aromatic ring is 1. The van der Waals surface area contributed by atoms with Gasteiger partial charge in [0.1, 0.15) is 11.5 Å². The molecule has 3 nitrogen and oxygen atoms in total. The highest BCUT2D eigenvalue weighted by Crippen LogP contribution is 2.22. The number of Topliss-reactive ketones (excluding diaryl/α,β-unsaturated/α-hetero) is 1. The number of rotatable bonds is 4. The molecule has 1 rings (SSSR count). The molecule has 0 aliphatic heterocycles. The molecule has 1 aromatic carbocycles. The van der Waals surface area contributed by atoms with Crippen molar-refractivity contribution >= 4 is 11.5 Å². The third kappa shape index (κ3) is 2.98. The number of nitrogens with two attached hydrogens (primary N) is 1. The summed E-state index contributed by atoms with van der Waals surface area (Å²) in [6.45, 7) is 3.79. The molecule has 0 heterocycles. The predicted molar refractivity (Wildman–Crippen MR) is 61.0 cm³/mol. The van der Waals surface area contributed by atoms with Gasteiger partial charge in [-0.3, -0.25) is 4.79 Å². The van der Waals surface area contributed by atoms with E-state index in [1.165, 1.54) is 0 Å². The Balaban J connectivity index is 2.89. The Morgan fingerprint density at radius 3 is 2.67 bits per heavy atom. The average molecular weight is 207 g/mol. The van der Waals surface area contributed by atoms with Crippen LogP contribution in [0.1, 0.15) is 19.4 Å². The Kier molecular flexibility index (Phi) is 3.72. The molecule has 0 radical (unpaired) electrons. The summed E-state index contributed by atoms with van der Waals surface area (Å²) < 4.78 is 5.17. The van der Waals surface area contributed by atoms with Crippen LogP contribution in [0.3, 0.4) is 0 Å². The largest absolute Gasteiger partial charge is 0.496 e. The van der Waals surface area contributed by atoms with Crippen molar-refractivity contribution in [1.82, 2.24) is 0 Å². The van der Waals surface area contributed by atoms with Gasteiger partial charge in [0.05, 0.1) is 7.11 Å². The second-order valence-corrected chi connectivity index (χ2v) is 3.87. The van der Waals surface area contributed by atoms with Gasteiger partial charge in [-0.15, -0.1) is 0 Å². The van der Waals surface area contributed by atoms with Gasteiger partial charge in [-0.05, 0) is 6.07 Å². The first-order chi connectivity index (χ1) is 7.04. The van der Waals surface area contributed by atoms with E-state index in [2.05, 4.69) is 0 Å². The average Bonchev–Trinajstić information content (AvgIpc) is 2.20. The molecule has 0 fully saturated rings. The molecule has 0 bridgehead atoms. The zero-order chi connectivity index (χ0) is 11.4. The molecule has 0 saturated carbocycles. The Morgan fingerprint density at radius 2 is 2.13 bits per heavy atom. The smallest absolute Gasteiger partial charge is 0.139 e. The van der Waals surface area contributed by atoms with E-state index in [1.54, 1.807) is 19.2 Å². The number of methoxy groups -OCH3 is 1. The van der Waals surface area contributed by atoms with Crippen LogP contribution in [0, 0.1) is 5.92 Å². The molecule has 2 N–H and O–H groups in total. The minimum atomic E-state index is 0.0484. The lowest BCUT2D eigenvalue weighted by Gasteiger charge is -2.09. The monoisotopic (exact) mass is 207 g/mol. The molecule has 0 atom stereocenters. The highest BCUT2D eigenvalue weighted by molar-refractivity contribution is 5.83. The van der Waals surface area contributed by atoms with Gasteiger partial charge in [-0.2, -0.15) is 0 Å². The molecular formula is C12H17NO2. The Morgan fingerprint density at radius 1 is 1.47 bits per heavy atom. The Bertz CT molecular complexity index is 359. The predicted octanol–water partition coefficient (Wildman–Crippen LogP) is 2.04. The van der Waals surface area contributed by atoms with Crippen molar-refractivity contribution in [1.29, 1.82) is 0 Å². The number of ether oxygens (including phenoxy) is 1. The van der Waals surface area contributed by atoms with Crippen LogP contribution >= 0.6 is 0 Å². The SMILES string of the molecule is COc1cc(N)ccc1CC(=O)C(C)C. The van der Waals surface area contributed by atoms with Crippen LogP contribution in [0.4, 0.5) is 5.69 Å². The number of ketones is 1. The fourth-order valence-corrected chi connectivity index (χ4v) is 1.30. The Hall–Kier alpha value is -1.51. The van der Waals surface area contributed by atoms with Gasteiger partial charge < -0.3 is 10.5 Å². The molecule has 0 spiro atoms. The summed E-state index contributed by atoms with van der Waals surface area (Å²) in [4.78, 5) is 11.6. The number of carbonyl (C=O) groups is 1. The van der Waals surface area contributed by atoms with Crippen LogP contribution in [0.2, 0.25) is 0 Å². The molecule has 3 heteroatoms. The van der Waals surface area contributed by atoms with Gasteiger partial charge >= 0.3 is 0 Å². The third-order valence-corrected chi connectivity index (χ3v) is 2.32. The Labute approximate surface area is 90.2 Å².